The molecule has 0 radical (unpaired) electrons. The molecule has 0 aliphatic rings. The Balaban J connectivity index is 2.18. The van der Waals surface area contributed by atoms with Crippen LogP contribution in [0.3, 0.4) is 0 Å². The van der Waals surface area contributed by atoms with Crippen molar-refractivity contribution in [3.8, 4) is 0 Å². The summed E-state index contributed by atoms with van der Waals surface area (Å²) in [6, 6.07) is 5.05. The van der Waals surface area contributed by atoms with E-state index in [1.165, 1.54) is 17.8 Å². The van der Waals surface area contributed by atoms with Crippen LogP contribution < -0.4 is 5.32 Å². The molecule has 18 heavy (non-hydrogen) atoms. The summed E-state index contributed by atoms with van der Waals surface area (Å²) in [5, 5.41) is 3.39. The highest BCUT2D eigenvalue weighted by Crippen LogP contribution is 2.20. The Kier molecular flexibility index (Phi) is 4.38. The zero-order valence-electron chi connectivity index (χ0n) is 10.5. The number of aromatic nitrogens is 2. The summed E-state index contributed by atoms with van der Waals surface area (Å²) in [6.07, 6.45) is 2.59. The Labute approximate surface area is 110 Å². The lowest BCUT2D eigenvalue weighted by Gasteiger charge is -2.16. The van der Waals surface area contributed by atoms with E-state index in [0.29, 0.717) is 0 Å². The van der Waals surface area contributed by atoms with Gasteiger partial charge in [-0.3, -0.25) is 0 Å². The lowest BCUT2D eigenvalue weighted by molar-refractivity contribution is 0.538. The van der Waals surface area contributed by atoms with Gasteiger partial charge in [-0.1, -0.05) is 13.0 Å². The molecule has 0 saturated carbocycles. The third-order valence-corrected chi connectivity index (χ3v) is 3.41. The fourth-order valence-corrected chi connectivity index (χ4v) is 2.43. The molecule has 1 aromatic heterocycles. The summed E-state index contributed by atoms with van der Waals surface area (Å²) in [5.41, 5.74) is 3.06. The van der Waals surface area contributed by atoms with Crippen molar-refractivity contribution in [2.24, 2.45) is 0 Å². The number of nitrogens with zero attached hydrogens (tertiary/aromatic N) is 2. The van der Waals surface area contributed by atoms with Crippen LogP contribution in [0, 0.1) is 12.7 Å². The van der Waals surface area contributed by atoms with Crippen molar-refractivity contribution in [3.05, 3.63) is 47.0 Å². The van der Waals surface area contributed by atoms with Crippen LogP contribution in [0.1, 0.15) is 29.8 Å². The molecule has 96 valence electrons. The Hall–Kier alpha value is -1.33. The zero-order chi connectivity index (χ0) is 13.0. The highest BCUT2D eigenvalue weighted by atomic mass is 32.1. The average Bonchev–Trinajstić information content (AvgIpc) is 2.85. The van der Waals surface area contributed by atoms with E-state index in [0.717, 1.165) is 29.8 Å². The monoisotopic (exact) mass is 265 g/mol. The number of rotatable bonds is 5. The maximum absolute atomic E-state index is 13.1. The number of nitrogens with one attached hydrogen (secondary N) is 1. The maximum atomic E-state index is 13.1. The molecule has 0 spiro atoms. The van der Waals surface area contributed by atoms with Gasteiger partial charge in [0, 0.05) is 0 Å². The number of aryl methyl sites for hydroxylation is 1. The van der Waals surface area contributed by atoms with Gasteiger partial charge >= 0.3 is 0 Å². The molecule has 0 bridgehead atoms. The normalized spacial score (nSPS) is 12.6. The van der Waals surface area contributed by atoms with E-state index in [4.69, 9.17) is 0 Å². The van der Waals surface area contributed by atoms with E-state index < -0.39 is 0 Å². The molecule has 1 aromatic carbocycles. The summed E-state index contributed by atoms with van der Waals surface area (Å²) >= 11 is 1.21. The fourth-order valence-electron chi connectivity index (χ4n) is 1.96. The van der Waals surface area contributed by atoms with Crippen LogP contribution in [-0.4, -0.2) is 15.3 Å². The second kappa shape index (κ2) is 6.02. The topological polar surface area (TPSA) is 37.8 Å². The molecule has 0 amide bonds. The molecular weight excluding hydrogens is 249 g/mol. The van der Waals surface area contributed by atoms with E-state index in [1.807, 2.05) is 13.0 Å². The van der Waals surface area contributed by atoms with Crippen molar-refractivity contribution in [1.29, 1.82) is 0 Å². The van der Waals surface area contributed by atoms with Gasteiger partial charge in [-0.2, -0.15) is 8.75 Å². The van der Waals surface area contributed by atoms with Crippen LogP contribution in [0.25, 0.3) is 0 Å². The minimum absolute atomic E-state index is 0.137. The van der Waals surface area contributed by atoms with Crippen molar-refractivity contribution in [3.63, 3.8) is 0 Å². The fraction of sp³-hybridized carbons (Fsp3) is 0.385. The van der Waals surface area contributed by atoms with Gasteiger partial charge in [-0.15, -0.1) is 0 Å². The minimum Gasteiger partial charge on any atom is -0.309 e. The van der Waals surface area contributed by atoms with Gasteiger partial charge < -0.3 is 5.32 Å². The first kappa shape index (κ1) is 13.1. The lowest BCUT2D eigenvalue weighted by Crippen LogP contribution is -2.23. The average molecular weight is 265 g/mol. The molecule has 1 N–H and O–H groups in total. The summed E-state index contributed by atoms with van der Waals surface area (Å²) in [6.45, 7) is 4.85. The number of benzene rings is 1. The second-order valence-corrected chi connectivity index (χ2v) is 4.77. The van der Waals surface area contributed by atoms with E-state index >= 15 is 0 Å². The van der Waals surface area contributed by atoms with Gasteiger partial charge in [0.2, 0.25) is 0 Å². The SMILES string of the molecule is CCNC(Cc1ccc(F)cc1C)c1cnsn1. The standard InChI is InChI=1S/C13H16FN3S/c1-3-15-12(13-8-16-18-17-13)7-10-4-5-11(14)6-9(10)2/h4-6,8,12,15H,3,7H2,1-2H3. The van der Waals surface area contributed by atoms with Gasteiger partial charge in [-0.05, 0) is 43.1 Å². The molecule has 0 aliphatic carbocycles. The van der Waals surface area contributed by atoms with Crippen LogP contribution in [0.15, 0.2) is 24.4 Å². The van der Waals surface area contributed by atoms with Crippen molar-refractivity contribution in [2.45, 2.75) is 26.3 Å². The number of hydrogen-bond donors (Lipinski definition) is 1. The number of hydrogen-bond acceptors (Lipinski definition) is 4. The van der Waals surface area contributed by atoms with Gasteiger partial charge in [-0.25, -0.2) is 4.39 Å². The largest absolute Gasteiger partial charge is 0.309 e. The predicted octanol–water partition coefficient (Wildman–Crippen LogP) is 2.88. The number of likely N-dealkylation sites (N-methyl/N-ethyl adjacent to an activating group) is 1. The lowest BCUT2D eigenvalue weighted by atomic mass is 9.99. The van der Waals surface area contributed by atoms with Crippen molar-refractivity contribution in [2.75, 3.05) is 6.54 Å². The molecule has 3 nitrogen and oxygen atoms in total. The maximum Gasteiger partial charge on any atom is 0.123 e. The van der Waals surface area contributed by atoms with Crippen LogP contribution in [0.4, 0.5) is 4.39 Å². The van der Waals surface area contributed by atoms with E-state index in [-0.39, 0.29) is 11.9 Å². The first-order valence-corrected chi connectivity index (χ1v) is 6.69. The summed E-state index contributed by atoms with van der Waals surface area (Å²) < 4.78 is 21.4. The molecule has 0 fully saturated rings. The molecule has 1 heterocycles. The highest BCUT2D eigenvalue weighted by molar-refractivity contribution is 6.99. The predicted molar refractivity (Wildman–Crippen MR) is 71.2 cm³/mol. The molecule has 5 heteroatoms. The summed E-state index contributed by atoms with van der Waals surface area (Å²) in [5.74, 6) is -0.188. The minimum atomic E-state index is -0.188. The smallest absolute Gasteiger partial charge is 0.123 e. The Morgan fingerprint density at radius 1 is 1.44 bits per heavy atom. The van der Waals surface area contributed by atoms with Gasteiger partial charge in [0.1, 0.15) is 5.82 Å². The second-order valence-electron chi connectivity index (χ2n) is 4.22. The summed E-state index contributed by atoms with van der Waals surface area (Å²) in [4.78, 5) is 0. The quantitative estimate of drug-likeness (QED) is 0.903. The van der Waals surface area contributed by atoms with Crippen LogP contribution >= 0.6 is 11.7 Å². The molecule has 0 saturated heterocycles. The Morgan fingerprint density at radius 2 is 2.28 bits per heavy atom. The van der Waals surface area contributed by atoms with Crippen LogP contribution in [-0.2, 0) is 6.42 Å². The van der Waals surface area contributed by atoms with E-state index in [1.54, 1.807) is 12.3 Å². The van der Waals surface area contributed by atoms with Crippen LogP contribution in [0.5, 0.6) is 0 Å². The van der Waals surface area contributed by atoms with Crippen LogP contribution in [0.2, 0.25) is 0 Å². The first-order chi connectivity index (χ1) is 8.70. The van der Waals surface area contributed by atoms with E-state index in [9.17, 15) is 4.39 Å². The van der Waals surface area contributed by atoms with Crippen molar-refractivity contribution >= 4 is 11.7 Å². The Morgan fingerprint density at radius 3 is 2.89 bits per heavy atom. The first-order valence-electron chi connectivity index (χ1n) is 5.96. The van der Waals surface area contributed by atoms with Crippen molar-refractivity contribution < 1.29 is 4.39 Å². The van der Waals surface area contributed by atoms with Gasteiger partial charge in [0.05, 0.1) is 29.7 Å². The van der Waals surface area contributed by atoms with Gasteiger partial charge in [0.15, 0.2) is 0 Å². The Bertz CT molecular complexity index is 499. The summed E-state index contributed by atoms with van der Waals surface area (Å²) in [7, 11) is 0. The molecule has 0 aliphatic heterocycles. The van der Waals surface area contributed by atoms with E-state index in [2.05, 4.69) is 21.0 Å². The molecule has 2 rings (SSSR count). The molecule has 1 atom stereocenters. The third-order valence-electron chi connectivity index (χ3n) is 2.91. The van der Waals surface area contributed by atoms with Crippen molar-refractivity contribution in [1.82, 2.24) is 14.1 Å². The molecular formula is C13H16FN3S. The molecule has 2 aromatic rings. The molecule has 1 unspecified atom stereocenters. The number of halogens is 1. The zero-order valence-corrected chi connectivity index (χ0v) is 11.3. The van der Waals surface area contributed by atoms with Gasteiger partial charge in [0.25, 0.3) is 0 Å². The third kappa shape index (κ3) is 3.11. The highest BCUT2D eigenvalue weighted by Gasteiger charge is 2.15.